The van der Waals surface area contributed by atoms with E-state index in [1.54, 1.807) is 25.4 Å². The van der Waals surface area contributed by atoms with Crippen molar-refractivity contribution in [1.29, 1.82) is 0 Å². The Morgan fingerprint density at radius 2 is 2.14 bits per heavy atom. The normalized spacial score (nSPS) is 13.7. The highest BCUT2D eigenvalue weighted by atomic mass is 16.6. The van der Waals surface area contributed by atoms with Gasteiger partial charge < -0.3 is 9.64 Å². The monoisotopic (exact) mass is 285 g/mol. The number of hydrogen-bond acceptors (Lipinski definition) is 5. The first-order valence-corrected chi connectivity index (χ1v) is 6.68. The van der Waals surface area contributed by atoms with Crippen molar-refractivity contribution in [1.82, 2.24) is 4.98 Å². The minimum absolute atomic E-state index is 0.142. The van der Waals surface area contributed by atoms with Gasteiger partial charge in [-0.1, -0.05) is 6.07 Å². The average molecular weight is 285 g/mol. The molecule has 0 N–H and O–H groups in total. The van der Waals surface area contributed by atoms with Gasteiger partial charge >= 0.3 is 0 Å². The summed E-state index contributed by atoms with van der Waals surface area (Å²) in [7, 11) is 1.58. The molecule has 6 heteroatoms. The van der Waals surface area contributed by atoms with Crippen LogP contribution in [0.2, 0.25) is 0 Å². The van der Waals surface area contributed by atoms with Crippen LogP contribution >= 0.6 is 0 Å². The standard InChI is InChI=1S/C15H15N3O3/c1-21-15-5-4-14(9-16-15)17-7-6-11-2-3-13(18(19)20)8-12(11)10-17/h2-5,8-9H,6-7,10H2,1H3. The van der Waals surface area contributed by atoms with Crippen molar-refractivity contribution in [3.05, 3.63) is 57.8 Å². The van der Waals surface area contributed by atoms with Crippen molar-refractivity contribution in [2.45, 2.75) is 13.0 Å². The summed E-state index contributed by atoms with van der Waals surface area (Å²) >= 11 is 0. The highest BCUT2D eigenvalue weighted by Gasteiger charge is 2.19. The van der Waals surface area contributed by atoms with E-state index in [2.05, 4.69) is 9.88 Å². The van der Waals surface area contributed by atoms with Gasteiger partial charge in [0.2, 0.25) is 5.88 Å². The molecular weight excluding hydrogens is 270 g/mol. The number of methoxy groups -OCH3 is 1. The third-order valence-electron chi connectivity index (χ3n) is 3.71. The molecule has 2 heterocycles. The second-order valence-corrected chi connectivity index (χ2v) is 4.94. The lowest BCUT2D eigenvalue weighted by Crippen LogP contribution is -2.30. The van der Waals surface area contributed by atoms with Gasteiger partial charge in [0.1, 0.15) is 0 Å². The predicted octanol–water partition coefficient (Wildman–Crippen LogP) is 2.56. The van der Waals surface area contributed by atoms with Gasteiger partial charge in [0.25, 0.3) is 5.69 Å². The first-order chi connectivity index (χ1) is 10.2. The van der Waals surface area contributed by atoms with Crippen LogP contribution in [-0.4, -0.2) is 23.6 Å². The second-order valence-electron chi connectivity index (χ2n) is 4.94. The molecule has 0 radical (unpaired) electrons. The zero-order chi connectivity index (χ0) is 14.8. The number of fused-ring (bicyclic) bond motifs is 1. The Bertz CT molecular complexity index is 670. The summed E-state index contributed by atoms with van der Waals surface area (Å²) in [5, 5.41) is 10.9. The Morgan fingerprint density at radius 3 is 2.81 bits per heavy atom. The van der Waals surface area contributed by atoms with E-state index in [9.17, 15) is 10.1 Å². The first kappa shape index (κ1) is 13.4. The van der Waals surface area contributed by atoms with Crippen molar-refractivity contribution in [2.75, 3.05) is 18.6 Å². The molecule has 1 aromatic heterocycles. The van der Waals surface area contributed by atoms with Crippen molar-refractivity contribution >= 4 is 11.4 Å². The molecule has 0 saturated carbocycles. The Morgan fingerprint density at radius 1 is 1.29 bits per heavy atom. The van der Waals surface area contributed by atoms with Crippen LogP contribution in [0, 0.1) is 10.1 Å². The first-order valence-electron chi connectivity index (χ1n) is 6.68. The minimum atomic E-state index is -0.353. The topological polar surface area (TPSA) is 68.5 Å². The summed E-state index contributed by atoms with van der Waals surface area (Å²) < 4.78 is 5.05. The Kier molecular flexibility index (Phi) is 3.43. The number of pyridine rings is 1. The summed E-state index contributed by atoms with van der Waals surface area (Å²) in [6, 6.07) is 8.87. The summed E-state index contributed by atoms with van der Waals surface area (Å²) in [4.78, 5) is 16.9. The van der Waals surface area contributed by atoms with Crippen LogP contribution in [0.3, 0.4) is 0 Å². The molecule has 0 spiro atoms. The number of nitro benzene ring substituents is 1. The number of nitro groups is 1. The molecule has 21 heavy (non-hydrogen) atoms. The average Bonchev–Trinajstić information content (AvgIpc) is 2.54. The molecule has 0 bridgehead atoms. The highest BCUT2D eigenvalue weighted by molar-refractivity contribution is 5.50. The number of aromatic nitrogens is 1. The van der Waals surface area contributed by atoms with Crippen LogP contribution < -0.4 is 9.64 Å². The van der Waals surface area contributed by atoms with Crippen LogP contribution in [0.15, 0.2) is 36.5 Å². The smallest absolute Gasteiger partial charge is 0.269 e. The predicted molar refractivity (Wildman–Crippen MR) is 78.6 cm³/mol. The Balaban J connectivity index is 1.85. The SMILES string of the molecule is COc1ccc(N2CCc3ccc([N+](=O)[O-])cc3C2)cn1. The van der Waals surface area contributed by atoms with E-state index in [1.807, 2.05) is 18.2 Å². The molecule has 0 fully saturated rings. The number of hydrogen-bond donors (Lipinski definition) is 0. The van der Waals surface area contributed by atoms with Crippen LogP contribution in [0.5, 0.6) is 5.88 Å². The molecule has 0 amide bonds. The van der Waals surface area contributed by atoms with E-state index in [0.717, 1.165) is 24.2 Å². The van der Waals surface area contributed by atoms with Crippen LogP contribution in [0.4, 0.5) is 11.4 Å². The van der Waals surface area contributed by atoms with Gasteiger partial charge in [-0.3, -0.25) is 10.1 Å². The van der Waals surface area contributed by atoms with Gasteiger partial charge in [0, 0.05) is 31.3 Å². The molecule has 0 atom stereocenters. The largest absolute Gasteiger partial charge is 0.481 e. The molecule has 108 valence electrons. The molecule has 0 saturated heterocycles. The van der Waals surface area contributed by atoms with E-state index >= 15 is 0 Å². The van der Waals surface area contributed by atoms with Crippen molar-refractivity contribution in [3.8, 4) is 5.88 Å². The summed E-state index contributed by atoms with van der Waals surface area (Å²) in [5.41, 5.74) is 3.32. The summed E-state index contributed by atoms with van der Waals surface area (Å²) in [6.45, 7) is 1.53. The number of anilines is 1. The molecule has 3 rings (SSSR count). The number of rotatable bonds is 3. The Hall–Kier alpha value is -2.63. The van der Waals surface area contributed by atoms with Gasteiger partial charge in [0.05, 0.1) is 23.9 Å². The van der Waals surface area contributed by atoms with E-state index in [0.29, 0.717) is 12.4 Å². The number of benzene rings is 1. The van der Waals surface area contributed by atoms with Crippen molar-refractivity contribution in [2.24, 2.45) is 0 Å². The lowest BCUT2D eigenvalue weighted by atomic mass is 9.99. The molecule has 6 nitrogen and oxygen atoms in total. The molecule has 1 aliphatic rings. The van der Waals surface area contributed by atoms with Crippen LogP contribution in [0.1, 0.15) is 11.1 Å². The molecule has 0 unspecified atom stereocenters. The number of ether oxygens (including phenoxy) is 1. The summed E-state index contributed by atoms with van der Waals surface area (Å²) in [5.74, 6) is 0.576. The van der Waals surface area contributed by atoms with Crippen LogP contribution in [0.25, 0.3) is 0 Å². The zero-order valence-corrected chi connectivity index (χ0v) is 11.7. The van der Waals surface area contributed by atoms with E-state index < -0.39 is 0 Å². The van der Waals surface area contributed by atoms with Crippen molar-refractivity contribution < 1.29 is 9.66 Å². The fourth-order valence-corrected chi connectivity index (χ4v) is 2.56. The number of non-ortho nitro benzene ring substituents is 1. The maximum absolute atomic E-state index is 10.9. The third-order valence-corrected chi connectivity index (χ3v) is 3.71. The van der Waals surface area contributed by atoms with E-state index in [4.69, 9.17) is 4.74 Å². The highest BCUT2D eigenvalue weighted by Crippen LogP contribution is 2.27. The van der Waals surface area contributed by atoms with Gasteiger partial charge in [-0.15, -0.1) is 0 Å². The molecular formula is C15H15N3O3. The van der Waals surface area contributed by atoms with E-state index in [-0.39, 0.29) is 10.6 Å². The maximum Gasteiger partial charge on any atom is 0.269 e. The van der Waals surface area contributed by atoms with Crippen LogP contribution in [-0.2, 0) is 13.0 Å². The number of nitrogens with zero attached hydrogens (tertiary/aromatic N) is 3. The fourth-order valence-electron chi connectivity index (χ4n) is 2.56. The van der Waals surface area contributed by atoms with Gasteiger partial charge in [-0.25, -0.2) is 4.98 Å². The molecule has 1 aromatic carbocycles. The minimum Gasteiger partial charge on any atom is -0.481 e. The molecule has 1 aliphatic heterocycles. The quantitative estimate of drug-likeness (QED) is 0.640. The zero-order valence-electron chi connectivity index (χ0n) is 11.7. The van der Waals surface area contributed by atoms with E-state index in [1.165, 1.54) is 5.56 Å². The maximum atomic E-state index is 10.9. The van der Waals surface area contributed by atoms with Gasteiger partial charge in [-0.2, -0.15) is 0 Å². The fraction of sp³-hybridized carbons (Fsp3) is 0.267. The molecule has 2 aromatic rings. The van der Waals surface area contributed by atoms with Gasteiger partial charge in [-0.05, 0) is 23.6 Å². The summed E-state index contributed by atoms with van der Waals surface area (Å²) in [6.07, 6.45) is 2.64. The second kappa shape index (κ2) is 5.40. The third kappa shape index (κ3) is 2.65. The Labute approximate surface area is 122 Å². The molecule has 0 aliphatic carbocycles. The lowest BCUT2D eigenvalue weighted by Gasteiger charge is -2.30. The lowest BCUT2D eigenvalue weighted by molar-refractivity contribution is -0.384. The van der Waals surface area contributed by atoms with Gasteiger partial charge in [0.15, 0.2) is 0 Å². The van der Waals surface area contributed by atoms with Crippen molar-refractivity contribution in [3.63, 3.8) is 0 Å².